The number of aromatic nitrogens is 1. The summed E-state index contributed by atoms with van der Waals surface area (Å²) in [6.07, 6.45) is 2.75. The predicted octanol–water partition coefficient (Wildman–Crippen LogP) is 2.21. The lowest BCUT2D eigenvalue weighted by Crippen LogP contribution is -2.24. The summed E-state index contributed by atoms with van der Waals surface area (Å²) >= 11 is 1.13. The molecule has 0 aliphatic rings. The third kappa shape index (κ3) is 4.75. The first-order chi connectivity index (χ1) is 8.29. The number of rotatable bonds is 4. The summed E-state index contributed by atoms with van der Waals surface area (Å²) in [5, 5.41) is 8.95. The molecule has 0 atom stereocenters. The van der Waals surface area contributed by atoms with Crippen molar-refractivity contribution in [3.05, 3.63) is 24.0 Å². The van der Waals surface area contributed by atoms with Gasteiger partial charge in [-0.1, -0.05) is 0 Å². The van der Waals surface area contributed by atoms with Crippen LogP contribution in [0.5, 0.6) is 0 Å². The van der Waals surface area contributed by atoms with Crippen LogP contribution in [0.3, 0.4) is 0 Å². The number of nitrogens with zero attached hydrogens (tertiary/aromatic N) is 1. The number of ether oxygens (including phenoxy) is 1. The Morgan fingerprint density at radius 3 is 2.67 bits per heavy atom. The molecule has 0 aliphatic carbocycles. The Morgan fingerprint density at radius 2 is 2.11 bits per heavy atom. The summed E-state index contributed by atoms with van der Waals surface area (Å²) in [6.45, 7) is 5.35. The van der Waals surface area contributed by atoms with E-state index in [1.54, 1.807) is 26.8 Å². The third-order valence-corrected chi connectivity index (χ3v) is 2.82. The Hall–Kier alpha value is -1.56. The minimum Gasteiger partial charge on any atom is -0.478 e. The van der Waals surface area contributed by atoms with Crippen molar-refractivity contribution in [1.29, 1.82) is 0 Å². The number of aromatic carboxylic acids is 1. The second-order valence-corrected chi connectivity index (χ2v) is 5.57. The molecule has 1 heterocycles. The molecular weight excluding hydrogens is 254 g/mol. The Balaban J connectivity index is 2.64. The highest BCUT2D eigenvalue weighted by Crippen LogP contribution is 2.22. The van der Waals surface area contributed by atoms with Crippen molar-refractivity contribution in [2.24, 2.45) is 0 Å². The molecule has 1 aromatic rings. The van der Waals surface area contributed by atoms with Crippen LogP contribution in [0, 0.1) is 0 Å². The van der Waals surface area contributed by atoms with Gasteiger partial charge in [-0.05, 0) is 26.8 Å². The van der Waals surface area contributed by atoms with Crippen LogP contribution in [0.15, 0.2) is 23.4 Å². The van der Waals surface area contributed by atoms with E-state index in [-0.39, 0.29) is 17.3 Å². The van der Waals surface area contributed by atoms with Gasteiger partial charge in [0.05, 0.1) is 11.3 Å². The van der Waals surface area contributed by atoms with Gasteiger partial charge in [-0.15, -0.1) is 11.8 Å². The first kappa shape index (κ1) is 14.5. The lowest BCUT2D eigenvalue weighted by Gasteiger charge is -2.19. The molecule has 0 bridgehead atoms. The van der Waals surface area contributed by atoms with Gasteiger partial charge in [0.1, 0.15) is 5.60 Å². The summed E-state index contributed by atoms with van der Waals surface area (Å²) in [4.78, 5) is 26.7. The number of esters is 1. The van der Waals surface area contributed by atoms with Gasteiger partial charge < -0.3 is 9.84 Å². The third-order valence-electron chi connectivity index (χ3n) is 1.78. The highest BCUT2D eigenvalue weighted by molar-refractivity contribution is 8.00. The minimum atomic E-state index is -1.06. The van der Waals surface area contributed by atoms with Crippen molar-refractivity contribution < 1.29 is 19.4 Å². The molecule has 0 spiro atoms. The van der Waals surface area contributed by atoms with Crippen molar-refractivity contribution in [2.75, 3.05) is 5.75 Å². The molecule has 5 nitrogen and oxygen atoms in total. The smallest absolute Gasteiger partial charge is 0.338 e. The number of hydrogen-bond acceptors (Lipinski definition) is 5. The normalized spacial score (nSPS) is 11.1. The number of carboxylic acid groups (broad SMARTS) is 1. The zero-order chi connectivity index (χ0) is 13.8. The summed E-state index contributed by atoms with van der Waals surface area (Å²) in [5.74, 6) is -1.36. The number of thioether (sulfide) groups is 1. The summed E-state index contributed by atoms with van der Waals surface area (Å²) < 4.78 is 5.14. The summed E-state index contributed by atoms with van der Waals surface area (Å²) in [7, 11) is 0. The second kappa shape index (κ2) is 5.86. The molecule has 1 N–H and O–H groups in total. The number of hydrogen-bond donors (Lipinski definition) is 1. The van der Waals surface area contributed by atoms with Gasteiger partial charge in [0.2, 0.25) is 0 Å². The van der Waals surface area contributed by atoms with Gasteiger partial charge in [0, 0.05) is 17.3 Å². The highest BCUT2D eigenvalue weighted by atomic mass is 32.2. The van der Waals surface area contributed by atoms with Gasteiger partial charge in [0.15, 0.2) is 0 Å². The standard InChI is InChI=1S/C12H15NO4S/c1-12(2,3)17-10(14)7-18-9-4-5-13-6-8(9)11(15)16/h4-6H,7H2,1-3H3,(H,15,16). The van der Waals surface area contributed by atoms with Crippen LogP contribution in [0.1, 0.15) is 31.1 Å². The quantitative estimate of drug-likeness (QED) is 0.667. The van der Waals surface area contributed by atoms with E-state index in [0.717, 1.165) is 11.8 Å². The molecule has 6 heteroatoms. The fourth-order valence-electron chi connectivity index (χ4n) is 1.18. The first-order valence-corrected chi connectivity index (χ1v) is 6.30. The van der Waals surface area contributed by atoms with E-state index in [0.29, 0.717) is 4.90 Å². The molecule has 1 aromatic heterocycles. The van der Waals surface area contributed by atoms with Gasteiger partial charge >= 0.3 is 11.9 Å². The average molecular weight is 269 g/mol. The van der Waals surface area contributed by atoms with E-state index in [2.05, 4.69) is 4.98 Å². The second-order valence-electron chi connectivity index (χ2n) is 4.55. The fraction of sp³-hybridized carbons (Fsp3) is 0.417. The van der Waals surface area contributed by atoms with E-state index in [1.807, 2.05) is 0 Å². The zero-order valence-corrected chi connectivity index (χ0v) is 11.3. The molecule has 0 amide bonds. The van der Waals surface area contributed by atoms with E-state index < -0.39 is 11.6 Å². The van der Waals surface area contributed by atoms with Crippen molar-refractivity contribution in [3.8, 4) is 0 Å². The van der Waals surface area contributed by atoms with Crippen LogP contribution in [-0.2, 0) is 9.53 Å². The lowest BCUT2D eigenvalue weighted by atomic mass is 10.2. The van der Waals surface area contributed by atoms with Gasteiger partial charge in [-0.25, -0.2) is 4.79 Å². The Morgan fingerprint density at radius 1 is 1.44 bits per heavy atom. The molecule has 0 saturated carbocycles. The number of pyridine rings is 1. The van der Waals surface area contributed by atoms with Crippen LogP contribution in [0.25, 0.3) is 0 Å². The molecule has 0 aromatic carbocycles. The topological polar surface area (TPSA) is 76.5 Å². The molecule has 0 radical (unpaired) electrons. The van der Waals surface area contributed by atoms with Crippen molar-refractivity contribution in [1.82, 2.24) is 4.98 Å². The average Bonchev–Trinajstić information content (AvgIpc) is 2.24. The highest BCUT2D eigenvalue weighted by Gasteiger charge is 2.17. The van der Waals surface area contributed by atoms with Crippen LogP contribution >= 0.6 is 11.8 Å². The molecule has 0 fully saturated rings. The van der Waals surface area contributed by atoms with Gasteiger partial charge in [0.25, 0.3) is 0 Å². The van der Waals surface area contributed by atoms with Crippen molar-refractivity contribution in [3.63, 3.8) is 0 Å². The maximum absolute atomic E-state index is 11.5. The van der Waals surface area contributed by atoms with Crippen LogP contribution < -0.4 is 0 Å². The largest absolute Gasteiger partial charge is 0.478 e. The minimum absolute atomic E-state index is 0.0710. The monoisotopic (exact) mass is 269 g/mol. The predicted molar refractivity (Wildman–Crippen MR) is 67.8 cm³/mol. The van der Waals surface area contributed by atoms with E-state index in [9.17, 15) is 9.59 Å². The van der Waals surface area contributed by atoms with Gasteiger partial charge in [-0.2, -0.15) is 0 Å². The summed E-state index contributed by atoms with van der Waals surface area (Å²) in [5.41, 5.74) is -0.447. The molecule has 98 valence electrons. The van der Waals surface area contributed by atoms with Gasteiger partial charge in [-0.3, -0.25) is 9.78 Å². The Bertz CT molecular complexity index is 454. The number of carbonyl (C=O) groups is 2. The maximum atomic E-state index is 11.5. The fourth-order valence-corrected chi connectivity index (χ4v) is 1.96. The molecular formula is C12H15NO4S. The molecule has 0 saturated heterocycles. The van der Waals surface area contributed by atoms with E-state index >= 15 is 0 Å². The summed E-state index contributed by atoms with van der Waals surface area (Å²) in [6, 6.07) is 1.57. The number of carboxylic acids is 1. The van der Waals surface area contributed by atoms with E-state index in [4.69, 9.17) is 9.84 Å². The van der Waals surface area contributed by atoms with Crippen LogP contribution in [0.4, 0.5) is 0 Å². The molecule has 18 heavy (non-hydrogen) atoms. The lowest BCUT2D eigenvalue weighted by molar-refractivity contribution is -0.151. The van der Waals surface area contributed by atoms with Crippen LogP contribution in [-0.4, -0.2) is 33.4 Å². The number of carbonyl (C=O) groups excluding carboxylic acids is 1. The maximum Gasteiger partial charge on any atom is 0.338 e. The zero-order valence-electron chi connectivity index (χ0n) is 10.5. The van der Waals surface area contributed by atoms with E-state index in [1.165, 1.54) is 12.4 Å². The molecule has 0 aliphatic heterocycles. The first-order valence-electron chi connectivity index (χ1n) is 5.31. The Labute approximate surface area is 110 Å². The molecule has 0 unspecified atom stereocenters. The van der Waals surface area contributed by atoms with Crippen molar-refractivity contribution in [2.45, 2.75) is 31.3 Å². The SMILES string of the molecule is CC(C)(C)OC(=O)CSc1ccncc1C(=O)O. The van der Waals surface area contributed by atoms with Crippen molar-refractivity contribution >= 4 is 23.7 Å². The van der Waals surface area contributed by atoms with Crippen LogP contribution in [0.2, 0.25) is 0 Å². The molecule has 1 rings (SSSR count). The Kier molecular flexibility index (Phi) is 4.72.